The third kappa shape index (κ3) is 5.16. The average Bonchev–Trinajstić information content (AvgIpc) is 3.40. The molecule has 6 rings (SSSR count). The number of fused-ring (bicyclic) bond motifs is 3. The van der Waals surface area contributed by atoms with Gasteiger partial charge in [-0.25, -0.2) is 14.8 Å². The summed E-state index contributed by atoms with van der Waals surface area (Å²) in [6.45, 7) is 2.58. The lowest BCUT2D eigenvalue weighted by molar-refractivity contribution is -0.939. The van der Waals surface area contributed by atoms with Crippen LogP contribution in [0.4, 0.5) is 5.82 Å². The maximum Gasteiger partial charge on any atom is 0.348 e. The summed E-state index contributed by atoms with van der Waals surface area (Å²) in [4.78, 5) is 34.2. The zero-order valence-corrected chi connectivity index (χ0v) is 21.5. The van der Waals surface area contributed by atoms with Gasteiger partial charge in [-0.15, -0.1) is 0 Å². The third-order valence-corrected chi connectivity index (χ3v) is 7.74. The Kier molecular flexibility index (Phi) is 7.65. The van der Waals surface area contributed by atoms with Gasteiger partial charge in [-0.05, 0) is 28.5 Å². The summed E-state index contributed by atoms with van der Waals surface area (Å²) in [6.07, 6.45) is 4.38. The number of hydrogen-bond donors (Lipinski definition) is 2. The van der Waals surface area contributed by atoms with Gasteiger partial charge >= 0.3 is 5.97 Å². The fourth-order valence-corrected chi connectivity index (χ4v) is 5.90. The fourth-order valence-electron chi connectivity index (χ4n) is 5.20. The van der Waals surface area contributed by atoms with Gasteiger partial charge in [0.1, 0.15) is 18.7 Å². The number of benzene rings is 1. The van der Waals surface area contributed by atoms with E-state index in [4.69, 9.17) is 4.74 Å². The van der Waals surface area contributed by atoms with Gasteiger partial charge in [0, 0.05) is 30.5 Å². The molecule has 3 fully saturated rings. The van der Waals surface area contributed by atoms with E-state index in [9.17, 15) is 14.7 Å². The van der Waals surface area contributed by atoms with Crippen LogP contribution in [0, 0.1) is 5.92 Å². The highest BCUT2D eigenvalue weighted by atomic mass is 79.9. The van der Waals surface area contributed by atoms with Crippen LogP contribution < -0.4 is 22.3 Å². The molecule has 0 aliphatic carbocycles. The number of aliphatic hydroxyl groups is 1. The van der Waals surface area contributed by atoms with Crippen molar-refractivity contribution in [1.82, 2.24) is 9.97 Å². The van der Waals surface area contributed by atoms with E-state index < -0.39 is 11.6 Å². The van der Waals surface area contributed by atoms with Crippen LogP contribution in [-0.4, -0.2) is 63.7 Å². The molecule has 1 aromatic carbocycles. The van der Waals surface area contributed by atoms with E-state index in [2.05, 4.69) is 15.3 Å². The molecule has 0 spiro atoms. The highest BCUT2D eigenvalue weighted by Crippen LogP contribution is 2.38. The number of nitrogens with zero attached hydrogens (tertiary/aromatic N) is 3. The molecule has 5 heterocycles. The number of carbonyl (C=O) groups excluding carboxylic acids is 2. The maximum absolute atomic E-state index is 13.5. The first-order chi connectivity index (χ1) is 16.5. The molecule has 10 heteroatoms. The summed E-state index contributed by atoms with van der Waals surface area (Å²) >= 11 is 1.42. The van der Waals surface area contributed by atoms with E-state index in [0.717, 1.165) is 25.9 Å². The van der Waals surface area contributed by atoms with Crippen LogP contribution >= 0.6 is 11.3 Å². The van der Waals surface area contributed by atoms with Gasteiger partial charge in [0.05, 0.1) is 13.1 Å². The maximum atomic E-state index is 13.5. The molecule has 2 aromatic heterocycles. The van der Waals surface area contributed by atoms with E-state index >= 15 is 0 Å². The van der Waals surface area contributed by atoms with Crippen molar-refractivity contribution in [3.8, 4) is 0 Å². The Balaban J connectivity index is 0.00000289. The molecule has 3 aliphatic heterocycles. The van der Waals surface area contributed by atoms with Crippen LogP contribution in [-0.2, 0) is 19.9 Å². The van der Waals surface area contributed by atoms with E-state index in [1.54, 1.807) is 48.0 Å². The first-order valence-electron chi connectivity index (χ1n) is 11.4. The molecule has 1 amide bonds. The van der Waals surface area contributed by atoms with Crippen molar-refractivity contribution < 1.29 is 40.9 Å². The predicted octanol–water partition coefficient (Wildman–Crippen LogP) is -0.431. The minimum absolute atomic E-state index is 0. The van der Waals surface area contributed by atoms with E-state index in [0.29, 0.717) is 28.0 Å². The van der Waals surface area contributed by atoms with Crippen molar-refractivity contribution in [3.63, 3.8) is 0 Å². The van der Waals surface area contributed by atoms with Gasteiger partial charge in [-0.3, -0.25) is 4.79 Å². The fraction of sp³-hybridized carbons (Fsp3) is 0.360. The monoisotopic (exact) mass is 558 g/mol. The topological polar surface area (TPSA) is 101 Å². The van der Waals surface area contributed by atoms with Crippen molar-refractivity contribution in [2.45, 2.75) is 24.5 Å². The molecule has 3 aliphatic rings. The Labute approximate surface area is 218 Å². The first kappa shape index (κ1) is 25.4. The lowest BCUT2D eigenvalue weighted by atomic mass is 9.82. The van der Waals surface area contributed by atoms with Crippen molar-refractivity contribution in [2.24, 2.45) is 5.92 Å². The molecule has 2 atom stereocenters. The molecule has 35 heavy (non-hydrogen) atoms. The van der Waals surface area contributed by atoms with E-state index in [1.807, 2.05) is 11.4 Å². The van der Waals surface area contributed by atoms with Crippen molar-refractivity contribution in [2.75, 3.05) is 31.5 Å². The minimum Gasteiger partial charge on any atom is -1.00 e. The summed E-state index contributed by atoms with van der Waals surface area (Å²) < 4.78 is 6.60. The Morgan fingerprint density at radius 2 is 1.91 bits per heavy atom. The van der Waals surface area contributed by atoms with Crippen LogP contribution in [0.1, 0.15) is 24.0 Å². The summed E-state index contributed by atoms with van der Waals surface area (Å²) in [5.74, 6) is -0.0873. The zero-order chi connectivity index (χ0) is 23.6. The molecule has 0 saturated carbocycles. The van der Waals surface area contributed by atoms with Gasteiger partial charge in [-0.1, -0.05) is 30.3 Å². The number of halogens is 1. The normalized spacial score (nSPS) is 24.6. The lowest BCUT2D eigenvalue weighted by Gasteiger charge is -2.51. The number of aromatic nitrogens is 2. The molecular weight excluding hydrogens is 532 g/mol. The molecule has 3 aromatic rings. The van der Waals surface area contributed by atoms with Gasteiger partial charge in [0.2, 0.25) is 5.60 Å². The Bertz CT molecular complexity index is 1140. The number of piperidine rings is 3. The lowest BCUT2D eigenvalue weighted by Crippen LogP contribution is -3.00. The number of nitrogens with one attached hydrogen (secondary N) is 1. The molecule has 3 saturated heterocycles. The number of thiophene rings is 1. The predicted molar refractivity (Wildman–Crippen MR) is 127 cm³/mol. The second kappa shape index (κ2) is 10.5. The highest BCUT2D eigenvalue weighted by Gasteiger charge is 2.51. The van der Waals surface area contributed by atoms with Gasteiger partial charge in [-0.2, -0.15) is 11.3 Å². The van der Waals surface area contributed by atoms with Gasteiger partial charge in [0.25, 0.3) is 5.91 Å². The summed E-state index contributed by atoms with van der Waals surface area (Å²) in [6, 6.07) is 12.3. The molecule has 1 unspecified atom stereocenters. The van der Waals surface area contributed by atoms with Crippen LogP contribution in [0.3, 0.4) is 0 Å². The Hall–Kier alpha value is -2.66. The average molecular weight is 559 g/mol. The van der Waals surface area contributed by atoms with Crippen LogP contribution in [0.5, 0.6) is 0 Å². The van der Waals surface area contributed by atoms with Crippen molar-refractivity contribution >= 4 is 29.0 Å². The first-order valence-corrected chi connectivity index (χ1v) is 12.4. The van der Waals surface area contributed by atoms with Gasteiger partial charge < -0.3 is 36.6 Å². The molecule has 184 valence electrons. The number of quaternary nitrogens is 1. The van der Waals surface area contributed by atoms with Crippen molar-refractivity contribution in [1.29, 1.82) is 0 Å². The molecule has 0 radical (unpaired) electrons. The van der Waals surface area contributed by atoms with Crippen LogP contribution in [0.25, 0.3) is 0 Å². The summed E-state index contributed by atoms with van der Waals surface area (Å²) in [7, 11) is 0. The van der Waals surface area contributed by atoms with Crippen LogP contribution in [0.2, 0.25) is 0 Å². The SMILES string of the molecule is O=C(C[N+]12CCC(CC1)[C@@H](OC(=O)C(O)(c1ccccc1)c1ccsc1)C2)Nc1ccncn1.[Br-]. The minimum atomic E-state index is -1.87. The molecule has 2 N–H and O–H groups in total. The van der Waals surface area contributed by atoms with E-state index in [-0.39, 0.29) is 41.5 Å². The van der Waals surface area contributed by atoms with Gasteiger partial charge in [0.15, 0.2) is 12.6 Å². The highest BCUT2D eigenvalue weighted by molar-refractivity contribution is 7.08. The largest absolute Gasteiger partial charge is 1.00 e. The quantitative estimate of drug-likeness (QED) is 0.301. The third-order valence-electron chi connectivity index (χ3n) is 7.05. The number of rotatable bonds is 7. The number of amides is 1. The number of carbonyl (C=O) groups is 2. The number of ether oxygens (including phenoxy) is 1. The van der Waals surface area contributed by atoms with E-state index in [1.165, 1.54) is 17.7 Å². The number of anilines is 1. The molecule has 8 nitrogen and oxygen atoms in total. The zero-order valence-electron chi connectivity index (χ0n) is 19.0. The number of hydrogen-bond acceptors (Lipinski definition) is 7. The molecule has 2 bridgehead atoms. The summed E-state index contributed by atoms with van der Waals surface area (Å²) in [5, 5.41) is 18.1. The number of esters is 1. The Morgan fingerprint density at radius 1 is 1.14 bits per heavy atom. The van der Waals surface area contributed by atoms with Crippen molar-refractivity contribution in [3.05, 3.63) is 76.9 Å². The second-order valence-electron chi connectivity index (χ2n) is 9.14. The molecular formula is C25H27BrN4O4S. The summed E-state index contributed by atoms with van der Waals surface area (Å²) in [5.41, 5.74) is -0.890. The second-order valence-corrected chi connectivity index (χ2v) is 9.92. The standard InChI is InChI=1S/C25H26N4O4S.BrH/c30-23(28-22-6-10-26-17-27-22)15-29-11-7-18(8-12-29)21(14-29)33-24(31)25(32,20-9-13-34-16-20)19-4-2-1-3-5-19;/h1-6,9-10,13,16-18,21,32H,7-8,11-12,14-15H2;1H/t18?,21-,25?,29?;/m0./s1. The smallest absolute Gasteiger partial charge is 0.348 e. The Morgan fingerprint density at radius 3 is 2.57 bits per heavy atom. The van der Waals surface area contributed by atoms with Crippen LogP contribution in [0.15, 0.2) is 65.7 Å².